The largest absolute Gasteiger partial charge is 0.357 e. The van der Waals surface area contributed by atoms with Gasteiger partial charge in [-0.2, -0.15) is 5.26 Å². The molecule has 0 radical (unpaired) electrons. The van der Waals surface area contributed by atoms with Crippen molar-refractivity contribution in [1.29, 1.82) is 5.26 Å². The van der Waals surface area contributed by atoms with E-state index in [1.165, 1.54) is 11.8 Å². The molecule has 3 unspecified atom stereocenters. The van der Waals surface area contributed by atoms with Crippen molar-refractivity contribution in [3.05, 3.63) is 67.8 Å². The second-order valence-corrected chi connectivity index (χ2v) is 11.6. The van der Waals surface area contributed by atoms with Crippen LogP contribution in [0.15, 0.2) is 40.0 Å². The molecule has 0 spiro atoms. The Morgan fingerprint density at radius 1 is 1.19 bits per heavy atom. The number of aromatic nitrogens is 1. The number of carbonyl (C=O) groups is 1. The molecule has 4 rings (SSSR count). The molecule has 0 saturated carbocycles. The molecule has 188 valence electrons. The fraction of sp³-hybridized carbons (Fsp3) is 0.429. The lowest BCUT2D eigenvalue weighted by Crippen LogP contribution is -2.42. The Hall–Kier alpha value is -2.89. The highest BCUT2D eigenvalue weighted by molar-refractivity contribution is 8.26. The predicted molar refractivity (Wildman–Crippen MR) is 151 cm³/mol. The van der Waals surface area contributed by atoms with Gasteiger partial charge >= 0.3 is 0 Å². The molecule has 8 heteroatoms. The Morgan fingerprint density at radius 3 is 2.42 bits per heavy atom. The van der Waals surface area contributed by atoms with Crippen molar-refractivity contribution in [1.82, 2.24) is 9.47 Å². The monoisotopic (exact) mass is 520 g/mol. The minimum absolute atomic E-state index is 0.123. The average molecular weight is 521 g/mol. The summed E-state index contributed by atoms with van der Waals surface area (Å²) < 4.78 is 2.20. The van der Waals surface area contributed by atoms with E-state index < -0.39 is 0 Å². The van der Waals surface area contributed by atoms with Crippen LogP contribution in [0.1, 0.15) is 62.4 Å². The number of nitrogens with zero attached hydrogens (tertiary/aromatic N) is 4. The van der Waals surface area contributed by atoms with Crippen molar-refractivity contribution in [2.75, 3.05) is 18.0 Å². The van der Waals surface area contributed by atoms with Crippen LogP contribution in [0.3, 0.4) is 0 Å². The van der Waals surface area contributed by atoms with E-state index in [4.69, 9.17) is 12.2 Å². The van der Waals surface area contributed by atoms with Gasteiger partial charge < -0.3 is 4.90 Å². The van der Waals surface area contributed by atoms with E-state index in [9.17, 15) is 14.9 Å². The first-order chi connectivity index (χ1) is 17.2. The molecule has 0 N–H and O–H groups in total. The Morgan fingerprint density at radius 2 is 1.83 bits per heavy atom. The molecule has 2 aliphatic heterocycles. The van der Waals surface area contributed by atoms with Gasteiger partial charge in [0.15, 0.2) is 0 Å². The third-order valence-corrected chi connectivity index (χ3v) is 8.43. The van der Waals surface area contributed by atoms with Crippen molar-refractivity contribution in [3.8, 4) is 6.07 Å². The van der Waals surface area contributed by atoms with Gasteiger partial charge in [-0.15, -0.1) is 0 Å². The van der Waals surface area contributed by atoms with E-state index in [2.05, 4.69) is 24.8 Å². The Labute approximate surface area is 222 Å². The highest BCUT2D eigenvalue weighted by Gasteiger charge is 2.37. The van der Waals surface area contributed by atoms with E-state index in [1.807, 2.05) is 50.3 Å². The Balaban J connectivity index is 1.85. The third-order valence-electron chi connectivity index (χ3n) is 7.10. The van der Waals surface area contributed by atoms with Crippen LogP contribution < -0.4 is 10.5 Å². The highest BCUT2D eigenvalue weighted by Crippen LogP contribution is 2.40. The summed E-state index contributed by atoms with van der Waals surface area (Å²) in [5.41, 5.74) is 2.21. The molecule has 36 heavy (non-hydrogen) atoms. The molecule has 2 fully saturated rings. The van der Waals surface area contributed by atoms with Crippen molar-refractivity contribution in [2.24, 2.45) is 11.8 Å². The molecule has 1 amide bonds. The van der Waals surface area contributed by atoms with Crippen LogP contribution in [0.4, 0.5) is 5.82 Å². The zero-order valence-corrected chi connectivity index (χ0v) is 23.1. The van der Waals surface area contributed by atoms with Crippen LogP contribution in [-0.2, 0) is 11.3 Å². The number of pyridine rings is 1. The molecule has 3 heterocycles. The molecule has 1 aromatic heterocycles. The number of carbonyl (C=O) groups excluding carboxylic acids is 1. The van der Waals surface area contributed by atoms with Gasteiger partial charge in [0.1, 0.15) is 21.8 Å². The van der Waals surface area contributed by atoms with Gasteiger partial charge in [-0.25, -0.2) is 0 Å². The van der Waals surface area contributed by atoms with Gasteiger partial charge in [0.05, 0.1) is 10.9 Å². The fourth-order valence-electron chi connectivity index (χ4n) is 5.44. The molecule has 3 atom stereocenters. The summed E-state index contributed by atoms with van der Waals surface area (Å²) in [5, 5.41) is 9.83. The second-order valence-electron chi connectivity index (χ2n) is 9.89. The van der Waals surface area contributed by atoms with E-state index in [0.29, 0.717) is 33.2 Å². The molecule has 2 aromatic rings. The first-order valence-electron chi connectivity index (χ1n) is 12.4. The Kier molecular flexibility index (Phi) is 7.72. The van der Waals surface area contributed by atoms with Gasteiger partial charge in [0.25, 0.3) is 11.5 Å². The SMILES string of the molecule is CCn1c(N2CC(C)CC(C)C2)c(C=C2SC(=S)N(C(C)c3ccccc3)C2=O)c(C)c(C#N)c1=O. The summed E-state index contributed by atoms with van der Waals surface area (Å²) in [5.74, 6) is 1.59. The van der Waals surface area contributed by atoms with E-state index in [-0.39, 0.29) is 23.1 Å². The fourth-order valence-corrected chi connectivity index (χ4v) is 6.84. The quantitative estimate of drug-likeness (QED) is 0.383. The van der Waals surface area contributed by atoms with Gasteiger partial charge in [0.2, 0.25) is 0 Å². The van der Waals surface area contributed by atoms with E-state index in [1.54, 1.807) is 16.4 Å². The van der Waals surface area contributed by atoms with Crippen LogP contribution in [0.25, 0.3) is 6.08 Å². The lowest BCUT2D eigenvalue weighted by atomic mass is 9.91. The number of hydrogen-bond donors (Lipinski definition) is 0. The van der Waals surface area contributed by atoms with Gasteiger partial charge in [-0.1, -0.05) is 68.2 Å². The van der Waals surface area contributed by atoms with E-state index >= 15 is 0 Å². The minimum atomic E-state index is -0.277. The molecular weight excluding hydrogens is 488 g/mol. The van der Waals surface area contributed by atoms with E-state index in [0.717, 1.165) is 36.5 Å². The normalized spacial score (nSPS) is 22.3. The first-order valence-corrected chi connectivity index (χ1v) is 13.6. The number of amides is 1. The van der Waals surface area contributed by atoms with Gasteiger partial charge in [0, 0.05) is 25.2 Å². The summed E-state index contributed by atoms with van der Waals surface area (Å²) in [4.78, 5) is 31.3. The number of hydrogen-bond acceptors (Lipinski definition) is 6. The van der Waals surface area contributed by atoms with Crippen molar-refractivity contribution in [2.45, 2.75) is 53.6 Å². The lowest BCUT2D eigenvalue weighted by Gasteiger charge is -2.38. The van der Waals surface area contributed by atoms with Gasteiger partial charge in [-0.05, 0) is 56.2 Å². The Bertz CT molecular complexity index is 1320. The zero-order valence-electron chi connectivity index (χ0n) is 21.4. The molecule has 6 nitrogen and oxygen atoms in total. The van der Waals surface area contributed by atoms with Gasteiger partial charge in [-0.3, -0.25) is 19.1 Å². The summed E-state index contributed by atoms with van der Waals surface area (Å²) in [6.45, 7) is 12.2. The smallest absolute Gasteiger partial charge is 0.270 e. The maximum absolute atomic E-state index is 13.6. The molecule has 2 aliphatic rings. The average Bonchev–Trinajstić information content (AvgIpc) is 3.12. The predicted octanol–water partition coefficient (Wildman–Crippen LogP) is 5.49. The topological polar surface area (TPSA) is 69.3 Å². The molecular formula is C28H32N4O2S2. The number of thioether (sulfide) groups is 1. The molecule has 0 aliphatic carbocycles. The van der Waals surface area contributed by atoms with Crippen LogP contribution >= 0.6 is 24.0 Å². The number of nitriles is 1. The highest BCUT2D eigenvalue weighted by atomic mass is 32.2. The molecule has 0 bridgehead atoms. The third kappa shape index (κ3) is 4.74. The van der Waals surface area contributed by atoms with Crippen molar-refractivity contribution >= 4 is 46.1 Å². The maximum atomic E-state index is 13.6. The maximum Gasteiger partial charge on any atom is 0.270 e. The summed E-state index contributed by atoms with van der Waals surface area (Å²) in [7, 11) is 0. The van der Waals surface area contributed by atoms with Crippen molar-refractivity contribution in [3.63, 3.8) is 0 Å². The zero-order chi connectivity index (χ0) is 26.1. The minimum Gasteiger partial charge on any atom is -0.357 e. The van der Waals surface area contributed by atoms with Crippen molar-refractivity contribution < 1.29 is 4.79 Å². The number of rotatable bonds is 5. The lowest BCUT2D eigenvalue weighted by molar-refractivity contribution is -0.123. The van der Waals surface area contributed by atoms with Crippen LogP contribution in [0.5, 0.6) is 0 Å². The number of piperidine rings is 1. The summed E-state index contributed by atoms with van der Waals surface area (Å²) >= 11 is 6.91. The van der Waals surface area contributed by atoms with Crippen LogP contribution in [-0.4, -0.2) is 32.8 Å². The molecule has 1 aromatic carbocycles. The number of anilines is 1. The summed E-state index contributed by atoms with van der Waals surface area (Å²) in [6, 6.07) is 11.7. The van der Waals surface area contributed by atoms with Crippen LogP contribution in [0, 0.1) is 30.1 Å². The number of benzene rings is 1. The second kappa shape index (κ2) is 10.6. The standard InChI is InChI=1S/C28H32N4O2S2/c1-6-31-25(30-15-17(2)12-18(3)16-30)22(19(4)23(14-29)26(31)33)13-24-27(34)32(28(35)36-24)20(5)21-10-8-7-9-11-21/h7-11,13,17-18,20H,6,12,15-16H2,1-5H3. The van der Waals surface area contributed by atoms with Crippen LogP contribution in [0.2, 0.25) is 0 Å². The summed E-state index contributed by atoms with van der Waals surface area (Å²) in [6.07, 6.45) is 2.98. The molecule has 2 saturated heterocycles. The number of thiocarbonyl (C=S) groups is 1. The first kappa shape index (κ1) is 26.2.